The lowest BCUT2D eigenvalue weighted by Gasteiger charge is -2.26. The van der Waals surface area contributed by atoms with Gasteiger partial charge in [0.2, 0.25) is 0 Å². The van der Waals surface area contributed by atoms with Crippen molar-refractivity contribution in [2.45, 2.75) is 20.8 Å². The number of hydrogen-bond donors (Lipinski definition) is 1. The number of aryl methyl sites for hydroxylation is 2. The van der Waals surface area contributed by atoms with Crippen molar-refractivity contribution in [2.75, 3.05) is 12.0 Å². The lowest BCUT2D eigenvalue weighted by molar-refractivity contribution is -0.122. The van der Waals surface area contributed by atoms with Gasteiger partial charge in [0.05, 0.1) is 17.8 Å². The third kappa shape index (κ3) is 4.03. The second-order valence-corrected chi connectivity index (χ2v) is 8.18. The van der Waals surface area contributed by atoms with Crippen molar-refractivity contribution < 1.29 is 19.1 Å². The van der Waals surface area contributed by atoms with Crippen molar-refractivity contribution >= 4 is 41.2 Å². The molecule has 0 radical (unpaired) electrons. The van der Waals surface area contributed by atoms with E-state index in [1.54, 1.807) is 6.07 Å². The molecule has 0 saturated carbocycles. The highest BCUT2D eigenvalue weighted by Crippen LogP contribution is 2.31. The summed E-state index contributed by atoms with van der Waals surface area (Å²) in [6.07, 6.45) is 1.51. The van der Waals surface area contributed by atoms with Crippen LogP contribution in [0.1, 0.15) is 22.5 Å². The number of amides is 4. The van der Waals surface area contributed by atoms with Crippen molar-refractivity contribution in [3.05, 3.63) is 81.6 Å². The van der Waals surface area contributed by atoms with E-state index in [4.69, 9.17) is 16.3 Å². The van der Waals surface area contributed by atoms with Gasteiger partial charge in [0.25, 0.3) is 11.8 Å². The molecule has 4 amide bonds. The van der Waals surface area contributed by atoms with Crippen LogP contribution in [0.2, 0.25) is 5.02 Å². The number of halogens is 1. The van der Waals surface area contributed by atoms with Crippen LogP contribution in [0.4, 0.5) is 10.5 Å². The van der Waals surface area contributed by atoms with Gasteiger partial charge in [-0.05, 0) is 68.8 Å². The lowest BCUT2D eigenvalue weighted by atomic mass is 10.1. The third-order valence-electron chi connectivity index (χ3n) is 5.56. The molecule has 3 aromatic rings. The average Bonchev–Trinajstić information content (AvgIpc) is 3.04. The van der Waals surface area contributed by atoms with Gasteiger partial charge in [-0.15, -0.1) is 0 Å². The predicted octanol–water partition coefficient (Wildman–Crippen LogP) is 4.73. The van der Waals surface area contributed by atoms with Crippen LogP contribution in [-0.2, 0) is 9.59 Å². The summed E-state index contributed by atoms with van der Waals surface area (Å²) in [6.45, 7) is 5.88. The Morgan fingerprint density at radius 1 is 0.939 bits per heavy atom. The van der Waals surface area contributed by atoms with E-state index in [1.807, 2.05) is 55.7 Å². The zero-order valence-corrected chi connectivity index (χ0v) is 19.4. The highest BCUT2D eigenvalue weighted by molar-refractivity contribution is 6.39. The molecule has 4 rings (SSSR count). The number of ether oxygens (including phenoxy) is 1. The van der Waals surface area contributed by atoms with Crippen LogP contribution in [0.25, 0.3) is 11.8 Å². The van der Waals surface area contributed by atoms with Crippen LogP contribution in [0, 0.1) is 20.8 Å². The van der Waals surface area contributed by atoms with E-state index < -0.39 is 17.8 Å². The Hall–Kier alpha value is -3.84. The molecule has 1 aliphatic rings. The van der Waals surface area contributed by atoms with Crippen molar-refractivity contribution in [3.8, 4) is 11.4 Å². The zero-order valence-electron chi connectivity index (χ0n) is 18.6. The molecular formula is C25H22ClN3O4. The van der Waals surface area contributed by atoms with Crippen LogP contribution >= 0.6 is 11.6 Å². The number of aromatic nitrogens is 1. The summed E-state index contributed by atoms with van der Waals surface area (Å²) in [5.74, 6) is -1.08. The van der Waals surface area contributed by atoms with E-state index in [-0.39, 0.29) is 16.3 Å². The van der Waals surface area contributed by atoms with Crippen molar-refractivity contribution in [3.63, 3.8) is 0 Å². The standard InChI is InChI=1S/C25H22ClN3O4/c1-14-5-7-18(8-6-14)28-15(2)11-17(16(28)3)12-20-23(30)27-25(32)29(24(20)31)19-9-10-22(33-4)21(26)13-19/h5-13H,1-4H3,(H,27,30,32)/b20-12-. The van der Waals surface area contributed by atoms with E-state index in [9.17, 15) is 14.4 Å². The molecule has 1 saturated heterocycles. The van der Waals surface area contributed by atoms with E-state index >= 15 is 0 Å². The first-order chi connectivity index (χ1) is 15.7. The molecule has 0 atom stereocenters. The quantitative estimate of drug-likeness (QED) is 0.448. The second kappa shape index (κ2) is 8.60. The first kappa shape index (κ1) is 22.4. The van der Waals surface area contributed by atoms with Gasteiger partial charge < -0.3 is 9.30 Å². The van der Waals surface area contributed by atoms with Gasteiger partial charge in [0.1, 0.15) is 11.3 Å². The van der Waals surface area contributed by atoms with Crippen LogP contribution in [0.15, 0.2) is 54.1 Å². The largest absolute Gasteiger partial charge is 0.495 e. The average molecular weight is 464 g/mol. The third-order valence-corrected chi connectivity index (χ3v) is 5.85. The number of anilines is 1. The first-order valence-corrected chi connectivity index (χ1v) is 10.6. The number of nitrogens with zero attached hydrogens (tertiary/aromatic N) is 2. The maximum Gasteiger partial charge on any atom is 0.335 e. The summed E-state index contributed by atoms with van der Waals surface area (Å²) in [5.41, 5.74) is 4.72. The van der Waals surface area contributed by atoms with Gasteiger partial charge in [-0.2, -0.15) is 0 Å². The van der Waals surface area contributed by atoms with E-state index in [1.165, 1.54) is 25.3 Å². The highest BCUT2D eigenvalue weighted by Gasteiger charge is 2.37. The van der Waals surface area contributed by atoms with Crippen LogP contribution in [-0.4, -0.2) is 29.5 Å². The molecule has 0 aliphatic carbocycles. The van der Waals surface area contributed by atoms with Gasteiger partial charge in [-0.1, -0.05) is 29.3 Å². The van der Waals surface area contributed by atoms with Crippen LogP contribution < -0.4 is 15.0 Å². The second-order valence-electron chi connectivity index (χ2n) is 7.77. The lowest BCUT2D eigenvalue weighted by Crippen LogP contribution is -2.54. The maximum atomic E-state index is 13.2. The molecule has 2 heterocycles. The smallest absolute Gasteiger partial charge is 0.335 e. The van der Waals surface area contributed by atoms with Gasteiger partial charge in [-0.3, -0.25) is 14.9 Å². The fraction of sp³-hybridized carbons (Fsp3) is 0.160. The number of carbonyl (C=O) groups is 3. The fourth-order valence-corrected chi connectivity index (χ4v) is 4.12. The number of urea groups is 1. The molecule has 168 valence electrons. The molecule has 8 heteroatoms. The molecule has 0 spiro atoms. The Kier molecular flexibility index (Phi) is 5.82. The molecule has 1 aromatic heterocycles. The monoisotopic (exact) mass is 463 g/mol. The number of barbiturate groups is 1. The summed E-state index contributed by atoms with van der Waals surface area (Å²) < 4.78 is 7.17. The van der Waals surface area contributed by atoms with Gasteiger partial charge in [0, 0.05) is 17.1 Å². The van der Waals surface area contributed by atoms with Gasteiger partial charge >= 0.3 is 6.03 Å². The number of hydrogen-bond acceptors (Lipinski definition) is 4. The number of methoxy groups -OCH3 is 1. The Balaban J connectivity index is 1.75. The van der Waals surface area contributed by atoms with E-state index in [0.29, 0.717) is 11.3 Å². The zero-order chi connectivity index (χ0) is 23.9. The molecule has 1 aliphatic heterocycles. The van der Waals surface area contributed by atoms with Crippen molar-refractivity contribution in [2.24, 2.45) is 0 Å². The minimum Gasteiger partial charge on any atom is -0.495 e. The summed E-state index contributed by atoms with van der Waals surface area (Å²) >= 11 is 6.17. The van der Waals surface area contributed by atoms with Crippen molar-refractivity contribution in [1.29, 1.82) is 0 Å². The van der Waals surface area contributed by atoms with E-state index in [2.05, 4.69) is 5.32 Å². The number of nitrogens with one attached hydrogen (secondary N) is 1. The SMILES string of the molecule is COc1ccc(N2C(=O)NC(=O)/C(=C/c3cc(C)n(-c4ccc(C)cc4)c3C)C2=O)cc1Cl. The molecule has 2 aromatic carbocycles. The van der Waals surface area contributed by atoms with Crippen molar-refractivity contribution in [1.82, 2.24) is 9.88 Å². The minimum absolute atomic E-state index is 0.148. The highest BCUT2D eigenvalue weighted by atomic mass is 35.5. The van der Waals surface area contributed by atoms with E-state index in [0.717, 1.165) is 27.5 Å². The fourth-order valence-electron chi connectivity index (χ4n) is 3.87. The number of carbonyl (C=O) groups excluding carboxylic acids is 3. The number of benzene rings is 2. The number of rotatable bonds is 4. The van der Waals surface area contributed by atoms with Crippen LogP contribution in [0.3, 0.4) is 0 Å². The molecule has 0 bridgehead atoms. The summed E-state index contributed by atoms with van der Waals surface area (Å²) in [6, 6.07) is 13.6. The Morgan fingerprint density at radius 3 is 2.24 bits per heavy atom. The molecule has 7 nitrogen and oxygen atoms in total. The molecule has 1 N–H and O–H groups in total. The van der Waals surface area contributed by atoms with Gasteiger partial charge in [-0.25, -0.2) is 9.69 Å². The predicted molar refractivity (Wildman–Crippen MR) is 127 cm³/mol. The first-order valence-electron chi connectivity index (χ1n) is 10.2. The van der Waals surface area contributed by atoms with Crippen LogP contribution in [0.5, 0.6) is 5.75 Å². The summed E-state index contributed by atoms with van der Waals surface area (Å²) in [5, 5.41) is 2.47. The Bertz CT molecular complexity index is 1320. The number of imide groups is 2. The molecule has 0 unspecified atom stereocenters. The Morgan fingerprint density at radius 2 is 1.61 bits per heavy atom. The molecule has 33 heavy (non-hydrogen) atoms. The maximum absolute atomic E-state index is 13.2. The molecular weight excluding hydrogens is 442 g/mol. The Labute approximate surface area is 196 Å². The normalized spacial score (nSPS) is 15.2. The molecule has 1 fully saturated rings. The van der Waals surface area contributed by atoms with Gasteiger partial charge in [0.15, 0.2) is 0 Å². The minimum atomic E-state index is -0.839. The summed E-state index contributed by atoms with van der Waals surface area (Å²) in [7, 11) is 1.46. The topological polar surface area (TPSA) is 80.6 Å². The summed E-state index contributed by atoms with van der Waals surface area (Å²) in [4.78, 5) is 39.2.